The third-order valence-corrected chi connectivity index (χ3v) is 3.92. The number of likely N-dealkylation sites (N-methyl/N-ethyl adjacent to an activating group) is 1. The van der Waals surface area contributed by atoms with Gasteiger partial charge in [0, 0.05) is 13.1 Å². The molecule has 0 fully saturated rings. The fourth-order valence-electron chi connectivity index (χ4n) is 2.43. The van der Waals surface area contributed by atoms with Crippen molar-refractivity contribution in [2.45, 2.75) is 32.9 Å². The van der Waals surface area contributed by atoms with Crippen LogP contribution in [0.5, 0.6) is 5.75 Å². The minimum Gasteiger partial charge on any atom is -0.484 e. The maximum absolute atomic E-state index is 13.3. The second-order valence-corrected chi connectivity index (χ2v) is 6.41. The maximum Gasteiger partial charge on any atom is 0.260 e. The van der Waals surface area contributed by atoms with Crippen molar-refractivity contribution < 1.29 is 19.0 Å². The van der Waals surface area contributed by atoms with Gasteiger partial charge in [-0.15, -0.1) is 0 Å². The molecule has 0 spiro atoms. The molecule has 0 aliphatic rings. The quantitative estimate of drug-likeness (QED) is 0.836. The van der Waals surface area contributed by atoms with E-state index in [4.69, 9.17) is 4.74 Å². The van der Waals surface area contributed by atoms with Gasteiger partial charge < -0.3 is 14.7 Å². The van der Waals surface area contributed by atoms with Crippen molar-refractivity contribution in [3.63, 3.8) is 0 Å². The van der Waals surface area contributed by atoms with Gasteiger partial charge in [0.2, 0.25) is 0 Å². The number of carbonyl (C=O) groups excluding carboxylic acids is 1. The monoisotopic (exact) mass is 345 g/mol. The van der Waals surface area contributed by atoms with Gasteiger partial charge in [-0.1, -0.05) is 24.3 Å². The Balaban J connectivity index is 1.93. The van der Waals surface area contributed by atoms with Crippen LogP contribution >= 0.6 is 0 Å². The summed E-state index contributed by atoms with van der Waals surface area (Å²) in [5.74, 6) is 0.0747. The molecule has 0 saturated heterocycles. The number of nitrogens with zero attached hydrogens (tertiary/aromatic N) is 1. The van der Waals surface area contributed by atoms with Gasteiger partial charge in [-0.2, -0.15) is 0 Å². The fourth-order valence-corrected chi connectivity index (χ4v) is 2.43. The number of aliphatic hydroxyl groups is 1. The summed E-state index contributed by atoms with van der Waals surface area (Å²) in [6.45, 7) is 6.04. The standard InChI is InChI=1S/C20H24FNO3/c1-4-22(13-15-6-5-7-17(21)12-15)19(23)14-25-18-10-8-16(9-11-18)20(2,3)24/h5-12,24H,4,13-14H2,1-3H3. The summed E-state index contributed by atoms with van der Waals surface area (Å²) in [5, 5.41) is 9.93. The molecule has 0 unspecified atom stereocenters. The van der Waals surface area contributed by atoms with Crippen LogP contribution in [0.25, 0.3) is 0 Å². The van der Waals surface area contributed by atoms with Crippen LogP contribution in [0, 0.1) is 5.82 Å². The first-order valence-corrected chi connectivity index (χ1v) is 8.27. The van der Waals surface area contributed by atoms with Crippen LogP contribution in [-0.4, -0.2) is 29.1 Å². The summed E-state index contributed by atoms with van der Waals surface area (Å²) < 4.78 is 18.8. The van der Waals surface area contributed by atoms with Crippen molar-refractivity contribution in [2.24, 2.45) is 0 Å². The highest BCUT2D eigenvalue weighted by molar-refractivity contribution is 5.77. The molecule has 134 valence electrons. The fraction of sp³-hybridized carbons (Fsp3) is 0.350. The predicted molar refractivity (Wildman–Crippen MR) is 94.7 cm³/mol. The summed E-state index contributed by atoms with van der Waals surface area (Å²) in [6, 6.07) is 13.2. The van der Waals surface area contributed by atoms with Gasteiger partial charge >= 0.3 is 0 Å². The second-order valence-electron chi connectivity index (χ2n) is 6.41. The molecule has 0 aliphatic heterocycles. The van der Waals surface area contributed by atoms with E-state index in [1.54, 1.807) is 55.1 Å². The third-order valence-electron chi connectivity index (χ3n) is 3.92. The number of benzene rings is 2. The Hall–Kier alpha value is -2.40. The number of hydrogen-bond donors (Lipinski definition) is 1. The van der Waals surface area contributed by atoms with Gasteiger partial charge in [0.15, 0.2) is 6.61 Å². The lowest BCUT2D eigenvalue weighted by Gasteiger charge is -2.21. The molecule has 5 heteroatoms. The van der Waals surface area contributed by atoms with Gasteiger partial charge in [-0.25, -0.2) is 4.39 Å². The molecule has 2 aromatic carbocycles. The number of ether oxygens (including phenoxy) is 1. The Morgan fingerprint density at radius 1 is 1.20 bits per heavy atom. The van der Waals surface area contributed by atoms with Crippen LogP contribution in [0.2, 0.25) is 0 Å². The number of rotatable bonds is 7. The summed E-state index contributed by atoms with van der Waals surface area (Å²) in [7, 11) is 0. The normalized spacial score (nSPS) is 11.2. The van der Waals surface area contributed by atoms with E-state index in [0.29, 0.717) is 18.8 Å². The van der Waals surface area contributed by atoms with Crippen molar-refractivity contribution in [1.29, 1.82) is 0 Å². The molecule has 0 atom stereocenters. The number of halogens is 1. The van der Waals surface area contributed by atoms with Gasteiger partial charge in [-0.3, -0.25) is 4.79 Å². The molecule has 2 aromatic rings. The highest BCUT2D eigenvalue weighted by atomic mass is 19.1. The van der Waals surface area contributed by atoms with E-state index in [0.717, 1.165) is 11.1 Å². The predicted octanol–water partition coefficient (Wildman–Crippen LogP) is 3.48. The van der Waals surface area contributed by atoms with Crippen molar-refractivity contribution in [3.8, 4) is 5.75 Å². The van der Waals surface area contributed by atoms with Crippen molar-refractivity contribution in [1.82, 2.24) is 4.90 Å². The zero-order valence-corrected chi connectivity index (χ0v) is 14.8. The average Bonchev–Trinajstić information content (AvgIpc) is 2.57. The van der Waals surface area contributed by atoms with Gasteiger partial charge in [0.1, 0.15) is 11.6 Å². The van der Waals surface area contributed by atoms with Gasteiger partial charge in [-0.05, 0) is 56.2 Å². The van der Waals surface area contributed by atoms with E-state index in [1.165, 1.54) is 12.1 Å². The Morgan fingerprint density at radius 3 is 2.44 bits per heavy atom. The van der Waals surface area contributed by atoms with E-state index in [1.807, 2.05) is 6.92 Å². The number of hydrogen-bond acceptors (Lipinski definition) is 3. The molecule has 0 bridgehead atoms. The molecule has 0 radical (unpaired) electrons. The molecule has 0 heterocycles. The zero-order valence-electron chi connectivity index (χ0n) is 14.8. The zero-order chi connectivity index (χ0) is 18.4. The summed E-state index contributed by atoms with van der Waals surface area (Å²) in [6.07, 6.45) is 0. The van der Waals surface area contributed by atoms with Crippen LogP contribution in [-0.2, 0) is 16.9 Å². The summed E-state index contributed by atoms with van der Waals surface area (Å²) in [4.78, 5) is 13.9. The first kappa shape index (κ1) is 18.9. The third kappa shape index (κ3) is 5.57. The first-order chi connectivity index (χ1) is 11.8. The molecule has 4 nitrogen and oxygen atoms in total. The smallest absolute Gasteiger partial charge is 0.260 e. The first-order valence-electron chi connectivity index (χ1n) is 8.27. The largest absolute Gasteiger partial charge is 0.484 e. The van der Waals surface area contributed by atoms with Crippen LogP contribution in [0.1, 0.15) is 31.9 Å². The second kappa shape index (κ2) is 8.12. The maximum atomic E-state index is 13.3. The lowest BCUT2D eigenvalue weighted by Crippen LogP contribution is -2.34. The number of carbonyl (C=O) groups is 1. The Morgan fingerprint density at radius 2 is 1.88 bits per heavy atom. The van der Waals surface area contributed by atoms with Crippen LogP contribution < -0.4 is 4.74 Å². The lowest BCUT2D eigenvalue weighted by molar-refractivity contribution is -0.133. The minimum absolute atomic E-state index is 0.0922. The molecule has 1 N–H and O–H groups in total. The highest BCUT2D eigenvalue weighted by Gasteiger charge is 2.16. The van der Waals surface area contributed by atoms with E-state index in [2.05, 4.69) is 0 Å². The highest BCUT2D eigenvalue weighted by Crippen LogP contribution is 2.22. The van der Waals surface area contributed by atoms with E-state index in [9.17, 15) is 14.3 Å². The van der Waals surface area contributed by atoms with Crippen molar-refractivity contribution >= 4 is 5.91 Å². The van der Waals surface area contributed by atoms with E-state index in [-0.39, 0.29) is 18.3 Å². The summed E-state index contributed by atoms with van der Waals surface area (Å²) in [5.41, 5.74) is 0.593. The molecular formula is C20H24FNO3. The minimum atomic E-state index is -0.918. The van der Waals surface area contributed by atoms with Crippen LogP contribution in [0.3, 0.4) is 0 Å². The van der Waals surface area contributed by atoms with Crippen LogP contribution in [0.15, 0.2) is 48.5 Å². The van der Waals surface area contributed by atoms with E-state index >= 15 is 0 Å². The number of amides is 1. The SMILES string of the molecule is CCN(Cc1cccc(F)c1)C(=O)COc1ccc(C(C)(C)O)cc1. The molecule has 0 aromatic heterocycles. The molecule has 25 heavy (non-hydrogen) atoms. The van der Waals surface area contributed by atoms with E-state index < -0.39 is 5.60 Å². The molecule has 0 saturated carbocycles. The molecular weight excluding hydrogens is 321 g/mol. The molecule has 0 aliphatic carbocycles. The topological polar surface area (TPSA) is 49.8 Å². The Kier molecular flexibility index (Phi) is 6.15. The average molecular weight is 345 g/mol. The van der Waals surface area contributed by atoms with Gasteiger partial charge in [0.05, 0.1) is 5.60 Å². The van der Waals surface area contributed by atoms with Gasteiger partial charge in [0.25, 0.3) is 5.91 Å². The van der Waals surface area contributed by atoms with Crippen molar-refractivity contribution in [3.05, 3.63) is 65.5 Å². The lowest BCUT2D eigenvalue weighted by atomic mass is 9.99. The van der Waals surface area contributed by atoms with Crippen LogP contribution in [0.4, 0.5) is 4.39 Å². The molecule has 2 rings (SSSR count). The van der Waals surface area contributed by atoms with Crippen molar-refractivity contribution in [2.75, 3.05) is 13.2 Å². The Labute approximate surface area is 147 Å². The summed E-state index contributed by atoms with van der Waals surface area (Å²) >= 11 is 0. The Bertz CT molecular complexity index is 708. The molecule has 1 amide bonds.